The summed E-state index contributed by atoms with van der Waals surface area (Å²) in [5.41, 5.74) is -1.47. The van der Waals surface area contributed by atoms with Crippen LogP contribution in [0.2, 0.25) is 0 Å². The fraction of sp³-hybridized carbons (Fsp3) is 0.600. The van der Waals surface area contributed by atoms with Crippen molar-refractivity contribution in [1.82, 2.24) is 5.06 Å². The first-order valence-corrected chi connectivity index (χ1v) is 11.5. The lowest BCUT2D eigenvalue weighted by molar-refractivity contribution is -0.161. The van der Waals surface area contributed by atoms with Crippen LogP contribution in [0.25, 0.3) is 0 Å². The molecule has 35 heavy (non-hydrogen) atoms. The number of methoxy groups -OCH3 is 1. The van der Waals surface area contributed by atoms with Gasteiger partial charge >= 0.3 is 11.9 Å². The van der Waals surface area contributed by atoms with E-state index in [2.05, 4.69) is 0 Å². The average Bonchev–Trinajstić information content (AvgIpc) is 3.08. The molecule has 0 aromatic carbocycles. The molecule has 4 rings (SSSR count). The molecule has 0 bridgehead atoms. The van der Waals surface area contributed by atoms with Crippen LogP contribution in [0.3, 0.4) is 0 Å². The molecule has 2 fully saturated rings. The lowest BCUT2D eigenvalue weighted by Crippen LogP contribution is -2.57. The molecular formula is C25H31NO9. The van der Waals surface area contributed by atoms with Crippen LogP contribution in [-0.2, 0) is 38.2 Å². The second-order valence-corrected chi connectivity index (χ2v) is 9.94. The molecule has 0 aromatic heterocycles. The van der Waals surface area contributed by atoms with Crippen molar-refractivity contribution in [3.05, 3.63) is 34.3 Å². The van der Waals surface area contributed by atoms with Crippen LogP contribution in [0.4, 0.5) is 0 Å². The first-order valence-electron chi connectivity index (χ1n) is 11.5. The molecule has 1 N–H and O–H groups in total. The quantitative estimate of drug-likeness (QED) is 0.348. The topological polar surface area (TPSA) is 129 Å². The highest BCUT2D eigenvalue weighted by Gasteiger charge is 2.64. The minimum Gasteiger partial charge on any atom is -0.504 e. The van der Waals surface area contributed by atoms with E-state index >= 15 is 0 Å². The van der Waals surface area contributed by atoms with E-state index in [1.54, 1.807) is 20.9 Å². The molecule has 0 aromatic rings. The molecule has 1 heterocycles. The van der Waals surface area contributed by atoms with Crippen molar-refractivity contribution in [2.75, 3.05) is 27.9 Å². The zero-order valence-electron chi connectivity index (χ0n) is 20.8. The van der Waals surface area contributed by atoms with Gasteiger partial charge in [0.05, 0.1) is 24.7 Å². The van der Waals surface area contributed by atoms with Gasteiger partial charge < -0.3 is 19.3 Å². The predicted molar refractivity (Wildman–Crippen MR) is 120 cm³/mol. The summed E-state index contributed by atoms with van der Waals surface area (Å²) >= 11 is 0. The third-order valence-electron chi connectivity index (χ3n) is 8.02. The van der Waals surface area contributed by atoms with E-state index in [0.717, 1.165) is 0 Å². The Morgan fingerprint density at radius 3 is 2.54 bits per heavy atom. The van der Waals surface area contributed by atoms with E-state index < -0.39 is 52.4 Å². The summed E-state index contributed by atoms with van der Waals surface area (Å²) in [5.74, 6) is -3.06. The van der Waals surface area contributed by atoms with Gasteiger partial charge in [-0.05, 0) is 18.9 Å². The number of ether oxygens (including phenoxy) is 3. The number of hydroxylamine groups is 2. The Bertz CT molecular complexity index is 1100. The van der Waals surface area contributed by atoms with E-state index in [-0.39, 0.29) is 42.0 Å². The number of esters is 2. The van der Waals surface area contributed by atoms with E-state index in [0.29, 0.717) is 12.0 Å². The Balaban J connectivity index is 2.04. The molecule has 10 heteroatoms. The van der Waals surface area contributed by atoms with Crippen LogP contribution in [0.15, 0.2) is 34.3 Å². The summed E-state index contributed by atoms with van der Waals surface area (Å²) in [6.07, 6.45) is 0.388. The number of nitrogens with zero attached hydrogens (tertiary/aromatic N) is 1. The minimum absolute atomic E-state index is 0.00996. The van der Waals surface area contributed by atoms with Gasteiger partial charge in [0.15, 0.2) is 5.76 Å². The number of carbonyl (C=O) groups excluding carboxylic acids is 4. The number of allylic oxidation sites excluding steroid dienone is 1. The van der Waals surface area contributed by atoms with E-state index in [1.807, 2.05) is 0 Å². The van der Waals surface area contributed by atoms with E-state index in [9.17, 15) is 24.3 Å². The molecule has 0 unspecified atom stereocenters. The first kappa shape index (κ1) is 25.1. The van der Waals surface area contributed by atoms with Crippen molar-refractivity contribution in [2.45, 2.75) is 52.2 Å². The normalized spacial score (nSPS) is 35.5. The minimum atomic E-state index is -1.27. The Morgan fingerprint density at radius 2 is 1.94 bits per heavy atom. The van der Waals surface area contributed by atoms with Crippen molar-refractivity contribution in [3.63, 3.8) is 0 Å². The molecular weight excluding hydrogens is 458 g/mol. The van der Waals surface area contributed by atoms with E-state index in [1.165, 1.54) is 32.4 Å². The Morgan fingerprint density at radius 1 is 1.26 bits per heavy atom. The Labute approximate surface area is 203 Å². The first-order chi connectivity index (χ1) is 16.4. The highest BCUT2D eigenvalue weighted by Crippen LogP contribution is 2.62. The van der Waals surface area contributed by atoms with Crippen LogP contribution in [0, 0.1) is 16.7 Å². The predicted octanol–water partition coefficient (Wildman–Crippen LogP) is 1.95. The Kier molecular flexibility index (Phi) is 6.17. The number of aliphatic hydroxyl groups is 1. The van der Waals surface area contributed by atoms with Gasteiger partial charge in [0.1, 0.15) is 18.0 Å². The third kappa shape index (κ3) is 3.53. The van der Waals surface area contributed by atoms with Gasteiger partial charge in [-0.2, -0.15) is 0 Å². The number of Topliss-reactive ketones (excluding diaryl/α,β-unsaturated/α-hetero) is 2. The zero-order valence-corrected chi connectivity index (χ0v) is 20.8. The number of rotatable bonds is 5. The van der Waals surface area contributed by atoms with Gasteiger partial charge in [-0.3, -0.25) is 24.3 Å². The molecule has 0 radical (unpaired) electrons. The number of hydrogen-bond donors (Lipinski definition) is 1. The van der Waals surface area contributed by atoms with Crippen LogP contribution < -0.4 is 0 Å². The number of cyclic esters (lactones) is 1. The van der Waals surface area contributed by atoms with Crippen molar-refractivity contribution >= 4 is 23.5 Å². The molecule has 190 valence electrons. The van der Waals surface area contributed by atoms with E-state index in [4.69, 9.17) is 19.0 Å². The summed E-state index contributed by atoms with van der Waals surface area (Å²) in [7, 11) is 4.39. The molecule has 0 amide bonds. The number of fused-ring (bicyclic) bond motifs is 4. The highest BCUT2D eigenvalue weighted by molar-refractivity contribution is 6.14. The Hall–Kier alpha value is -2.98. The SMILES string of the molecule is COC[C@H]1OC(=O)/C(=C\N(C)OC)C2=C(O)C(=O)C3=C([C@H](OC(C)=O)C[C@]4(C)C(=O)CC[C@@H]34)[C@]21C. The fourth-order valence-electron chi connectivity index (χ4n) is 6.32. The van der Waals surface area contributed by atoms with Crippen LogP contribution in [0.5, 0.6) is 0 Å². The van der Waals surface area contributed by atoms with Crippen molar-refractivity contribution in [1.29, 1.82) is 0 Å². The lowest BCUT2D eigenvalue weighted by atomic mass is 9.53. The summed E-state index contributed by atoms with van der Waals surface area (Å²) in [6, 6.07) is 0. The lowest BCUT2D eigenvalue weighted by Gasteiger charge is -2.53. The molecule has 3 aliphatic carbocycles. The van der Waals surface area contributed by atoms with Gasteiger partial charge in [0.2, 0.25) is 5.78 Å². The molecule has 1 saturated carbocycles. The largest absolute Gasteiger partial charge is 0.504 e. The maximum atomic E-state index is 13.8. The van der Waals surface area contributed by atoms with Crippen LogP contribution in [-0.4, -0.2) is 73.8 Å². The monoisotopic (exact) mass is 489 g/mol. The number of ketones is 2. The van der Waals surface area contributed by atoms with Crippen LogP contribution >= 0.6 is 0 Å². The molecule has 5 atom stereocenters. The van der Waals surface area contributed by atoms with Crippen molar-refractivity contribution in [3.8, 4) is 0 Å². The van der Waals surface area contributed by atoms with Gasteiger partial charge in [0, 0.05) is 62.6 Å². The fourth-order valence-corrected chi connectivity index (χ4v) is 6.32. The van der Waals surface area contributed by atoms with Crippen molar-refractivity contribution in [2.24, 2.45) is 16.7 Å². The summed E-state index contributed by atoms with van der Waals surface area (Å²) in [5, 5.41) is 12.6. The van der Waals surface area contributed by atoms with Gasteiger partial charge in [0.25, 0.3) is 0 Å². The average molecular weight is 490 g/mol. The maximum Gasteiger partial charge on any atom is 0.340 e. The van der Waals surface area contributed by atoms with Gasteiger partial charge in [-0.15, -0.1) is 0 Å². The zero-order chi connectivity index (χ0) is 25.9. The van der Waals surface area contributed by atoms with Gasteiger partial charge in [-0.1, -0.05) is 6.92 Å². The number of hydrogen-bond acceptors (Lipinski definition) is 10. The number of carbonyl (C=O) groups is 4. The molecule has 1 aliphatic heterocycles. The molecule has 1 saturated heterocycles. The van der Waals surface area contributed by atoms with Crippen LogP contribution in [0.1, 0.15) is 40.0 Å². The second-order valence-electron chi connectivity index (χ2n) is 9.94. The molecule has 0 spiro atoms. The second kappa shape index (κ2) is 8.60. The summed E-state index contributed by atoms with van der Waals surface area (Å²) < 4.78 is 16.9. The third-order valence-corrected chi connectivity index (χ3v) is 8.02. The van der Waals surface area contributed by atoms with Crippen molar-refractivity contribution < 1.29 is 43.3 Å². The molecule has 10 nitrogen and oxygen atoms in total. The number of aliphatic hydroxyl groups excluding tert-OH is 1. The summed E-state index contributed by atoms with van der Waals surface area (Å²) in [6.45, 7) is 4.75. The standard InChI is InChI=1S/C25H31NO9/c1-12(27)34-15-9-24(2)14(7-8-16(24)28)18-20(15)25(3)17(11-32-5)35-23(31)13(10-26(4)33-6)19(25)22(30)21(18)29/h10,14-15,17,30H,7-9,11H2,1-6H3/b13-10-/t14-,15+,17+,24-,25-/m0/s1. The summed E-state index contributed by atoms with van der Waals surface area (Å²) in [4.78, 5) is 57.1. The maximum absolute atomic E-state index is 13.8. The molecule has 4 aliphatic rings. The highest BCUT2D eigenvalue weighted by atomic mass is 16.7. The smallest absolute Gasteiger partial charge is 0.340 e. The van der Waals surface area contributed by atoms with Gasteiger partial charge in [-0.25, -0.2) is 4.79 Å².